The van der Waals surface area contributed by atoms with Gasteiger partial charge in [0.2, 0.25) is 0 Å². The fraction of sp³-hybridized carbons (Fsp3) is 0.200. The number of hydrogen-bond donors (Lipinski definition) is 1. The molecule has 0 saturated carbocycles. The highest BCUT2D eigenvalue weighted by Crippen LogP contribution is 2.10. The normalized spacial score (nSPS) is 10.8. The van der Waals surface area contributed by atoms with E-state index in [2.05, 4.69) is 9.97 Å². The highest BCUT2D eigenvalue weighted by atomic mass is 16.5. The minimum atomic E-state index is -0.320. The van der Waals surface area contributed by atoms with Crippen LogP contribution >= 0.6 is 0 Å². The Bertz CT molecular complexity index is 559. The molecule has 0 aliphatic rings. The van der Waals surface area contributed by atoms with Gasteiger partial charge < -0.3 is 9.72 Å². The summed E-state index contributed by atoms with van der Waals surface area (Å²) in [5.41, 5.74) is 2.11. The molecule has 98 valence electrons. The van der Waals surface area contributed by atoms with Crippen LogP contribution in [0.1, 0.15) is 23.9 Å². The van der Waals surface area contributed by atoms with E-state index in [9.17, 15) is 4.79 Å². The van der Waals surface area contributed by atoms with Crippen molar-refractivity contribution in [1.29, 1.82) is 0 Å². The minimum absolute atomic E-state index is 0.320. The second kappa shape index (κ2) is 6.54. The Kier molecular flexibility index (Phi) is 4.50. The van der Waals surface area contributed by atoms with E-state index >= 15 is 0 Å². The van der Waals surface area contributed by atoms with E-state index in [1.165, 1.54) is 6.08 Å². The van der Waals surface area contributed by atoms with Crippen molar-refractivity contribution < 1.29 is 9.53 Å². The summed E-state index contributed by atoms with van der Waals surface area (Å²) >= 11 is 0. The summed E-state index contributed by atoms with van der Waals surface area (Å²) in [5.74, 6) is 0.602. The molecule has 0 aliphatic carbocycles. The number of esters is 1. The molecule has 1 N–H and O–H groups in total. The monoisotopic (exact) mass is 256 g/mol. The first-order valence-corrected chi connectivity index (χ1v) is 6.20. The summed E-state index contributed by atoms with van der Waals surface area (Å²) in [6, 6.07) is 7.97. The lowest BCUT2D eigenvalue weighted by Gasteiger charge is -2.00. The SMILES string of the molecule is CCOC(=O)C=Cc1cccc(Cc2ncc[nH]2)c1. The van der Waals surface area contributed by atoms with Crippen LogP contribution in [0.3, 0.4) is 0 Å². The molecule has 2 aromatic rings. The van der Waals surface area contributed by atoms with Gasteiger partial charge in [-0.1, -0.05) is 24.3 Å². The second-order valence-corrected chi connectivity index (χ2v) is 4.04. The highest BCUT2D eigenvalue weighted by molar-refractivity contribution is 5.87. The fourth-order valence-electron chi connectivity index (χ4n) is 1.75. The lowest BCUT2D eigenvalue weighted by atomic mass is 10.1. The van der Waals surface area contributed by atoms with Gasteiger partial charge in [0.05, 0.1) is 6.61 Å². The lowest BCUT2D eigenvalue weighted by molar-refractivity contribution is -0.137. The lowest BCUT2D eigenvalue weighted by Crippen LogP contribution is -1.98. The summed E-state index contributed by atoms with van der Waals surface area (Å²) in [7, 11) is 0. The quantitative estimate of drug-likeness (QED) is 0.660. The molecule has 19 heavy (non-hydrogen) atoms. The molecule has 1 heterocycles. The van der Waals surface area contributed by atoms with Gasteiger partial charge in [-0.15, -0.1) is 0 Å². The smallest absolute Gasteiger partial charge is 0.330 e. The first kappa shape index (κ1) is 13.1. The van der Waals surface area contributed by atoms with E-state index in [0.29, 0.717) is 6.61 Å². The van der Waals surface area contributed by atoms with Crippen molar-refractivity contribution in [3.8, 4) is 0 Å². The number of H-pyrrole nitrogens is 1. The average Bonchev–Trinajstić information content (AvgIpc) is 2.90. The molecule has 1 aromatic heterocycles. The molecule has 0 fully saturated rings. The predicted molar refractivity (Wildman–Crippen MR) is 73.5 cm³/mol. The third kappa shape index (κ3) is 4.10. The standard InChI is InChI=1S/C15H16N2O2/c1-2-19-15(18)7-6-12-4-3-5-13(10-12)11-14-16-8-9-17-14/h3-10H,2,11H2,1H3,(H,16,17). The van der Waals surface area contributed by atoms with Crippen molar-refractivity contribution in [2.45, 2.75) is 13.3 Å². The molecule has 0 bridgehead atoms. The van der Waals surface area contributed by atoms with Crippen molar-refractivity contribution in [3.63, 3.8) is 0 Å². The van der Waals surface area contributed by atoms with Crippen molar-refractivity contribution in [2.75, 3.05) is 6.61 Å². The van der Waals surface area contributed by atoms with Crippen molar-refractivity contribution in [2.24, 2.45) is 0 Å². The summed E-state index contributed by atoms with van der Waals surface area (Å²) in [6.07, 6.45) is 7.48. The number of aromatic nitrogens is 2. The van der Waals surface area contributed by atoms with Crippen LogP contribution in [-0.4, -0.2) is 22.5 Å². The molecule has 0 unspecified atom stereocenters. The van der Waals surface area contributed by atoms with Gasteiger partial charge in [0.25, 0.3) is 0 Å². The van der Waals surface area contributed by atoms with Crippen LogP contribution in [-0.2, 0) is 16.0 Å². The molecule has 1 aromatic carbocycles. The van der Waals surface area contributed by atoms with Gasteiger partial charge in [0.1, 0.15) is 5.82 Å². The third-order valence-corrected chi connectivity index (χ3v) is 2.58. The number of hydrogen-bond acceptors (Lipinski definition) is 3. The number of carbonyl (C=O) groups is 1. The van der Waals surface area contributed by atoms with Gasteiger partial charge in [0, 0.05) is 24.9 Å². The molecule has 0 aliphatic heterocycles. The van der Waals surface area contributed by atoms with Gasteiger partial charge in [-0.25, -0.2) is 9.78 Å². The molecule has 0 radical (unpaired) electrons. The highest BCUT2D eigenvalue weighted by Gasteiger charge is 1.99. The van der Waals surface area contributed by atoms with Crippen LogP contribution in [0, 0.1) is 0 Å². The van der Waals surface area contributed by atoms with Crippen molar-refractivity contribution >= 4 is 12.0 Å². The number of rotatable bonds is 5. The number of aromatic amines is 1. The van der Waals surface area contributed by atoms with Crippen LogP contribution in [0.2, 0.25) is 0 Å². The maximum atomic E-state index is 11.2. The number of carbonyl (C=O) groups excluding carboxylic acids is 1. The van der Waals surface area contributed by atoms with E-state index in [1.54, 1.807) is 25.4 Å². The summed E-state index contributed by atoms with van der Waals surface area (Å²) in [5, 5.41) is 0. The van der Waals surface area contributed by atoms with E-state index in [1.807, 2.05) is 24.3 Å². The third-order valence-electron chi connectivity index (χ3n) is 2.58. The number of imidazole rings is 1. The number of benzene rings is 1. The van der Waals surface area contributed by atoms with Crippen LogP contribution in [0.5, 0.6) is 0 Å². The molecular weight excluding hydrogens is 240 g/mol. The Morgan fingerprint density at radius 1 is 1.47 bits per heavy atom. The molecule has 0 amide bonds. The number of nitrogens with zero attached hydrogens (tertiary/aromatic N) is 1. The first-order valence-electron chi connectivity index (χ1n) is 6.20. The Morgan fingerprint density at radius 3 is 3.11 bits per heavy atom. The molecule has 4 nitrogen and oxygen atoms in total. The predicted octanol–water partition coefficient (Wildman–Crippen LogP) is 2.58. The Morgan fingerprint density at radius 2 is 2.37 bits per heavy atom. The van der Waals surface area contributed by atoms with E-state index in [0.717, 1.165) is 23.4 Å². The summed E-state index contributed by atoms with van der Waals surface area (Å²) in [4.78, 5) is 18.5. The zero-order valence-electron chi connectivity index (χ0n) is 10.8. The van der Waals surface area contributed by atoms with Crippen LogP contribution in [0.4, 0.5) is 0 Å². The van der Waals surface area contributed by atoms with Crippen LogP contribution in [0.15, 0.2) is 42.7 Å². The number of ether oxygens (including phenoxy) is 1. The van der Waals surface area contributed by atoms with Crippen LogP contribution < -0.4 is 0 Å². The van der Waals surface area contributed by atoms with Crippen LogP contribution in [0.25, 0.3) is 6.08 Å². The Labute approximate surface area is 112 Å². The van der Waals surface area contributed by atoms with Gasteiger partial charge in [-0.2, -0.15) is 0 Å². The topological polar surface area (TPSA) is 55.0 Å². The van der Waals surface area contributed by atoms with E-state index < -0.39 is 0 Å². The molecule has 2 rings (SSSR count). The molecular formula is C15H16N2O2. The maximum Gasteiger partial charge on any atom is 0.330 e. The van der Waals surface area contributed by atoms with E-state index in [4.69, 9.17) is 4.74 Å². The fourth-order valence-corrected chi connectivity index (χ4v) is 1.75. The summed E-state index contributed by atoms with van der Waals surface area (Å²) in [6.45, 7) is 2.18. The largest absolute Gasteiger partial charge is 0.463 e. The van der Waals surface area contributed by atoms with Gasteiger partial charge in [-0.3, -0.25) is 0 Å². The van der Waals surface area contributed by atoms with Crippen molar-refractivity contribution in [1.82, 2.24) is 9.97 Å². The van der Waals surface area contributed by atoms with Gasteiger partial charge >= 0.3 is 5.97 Å². The maximum absolute atomic E-state index is 11.2. The zero-order chi connectivity index (χ0) is 13.5. The molecule has 0 atom stereocenters. The molecule has 0 spiro atoms. The second-order valence-electron chi connectivity index (χ2n) is 4.04. The zero-order valence-corrected chi connectivity index (χ0v) is 10.8. The van der Waals surface area contributed by atoms with E-state index in [-0.39, 0.29) is 5.97 Å². The Hall–Kier alpha value is -2.36. The van der Waals surface area contributed by atoms with Gasteiger partial charge in [-0.05, 0) is 24.1 Å². The minimum Gasteiger partial charge on any atom is -0.463 e. The summed E-state index contributed by atoms with van der Waals surface area (Å²) < 4.78 is 4.84. The Balaban J connectivity index is 2.04. The first-order chi connectivity index (χ1) is 9.28. The van der Waals surface area contributed by atoms with Crippen molar-refractivity contribution in [3.05, 3.63) is 59.7 Å². The average molecular weight is 256 g/mol. The molecule has 0 saturated heterocycles. The van der Waals surface area contributed by atoms with Gasteiger partial charge in [0.15, 0.2) is 0 Å². The number of nitrogens with one attached hydrogen (secondary N) is 1. The molecule has 4 heteroatoms.